The Morgan fingerprint density at radius 3 is 3.00 bits per heavy atom. The van der Waals surface area contributed by atoms with Gasteiger partial charge in [-0.2, -0.15) is 0 Å². The van der Waals surface area contributed by atoms with Gasteiger partial charge in [0.1, 0.15) is 12.3 Å². The molecule has 1 N–H and O–H groups in total. The fourth-order valence-electron chi connectivity index (χ4n) is 1.08. The molecule has 1 aliphatic heterocycles. The third-order valence-corrected chi connectivity index (χ3v) is 1.76. The van der Waals surface area contributed by atoms with Crippen molar-refractivity contribution in [3.05, 3.63) is 0 Å². The van der Waals surface area contributed by atoms with Crippen molar-refractivity contribution in [2.75, 3.05) is 6.61 Å². The third-order valence-electron chi connectivity index (χ3n) is 1.76. The summed E-state index contributed by atoms with van der Waals surface area (Å²) in [6, 6.07) is -0.515. The van der Waals surface area contributed by atoms with Crippen molar-refractivity contribution in [3.63, 3.8) is 0 Å². The molecule has 0 radical (unpaired) electrons. The molecule has 1 fully saturated rings. The van der Waals surface area contributed by atoms with Crippen LogP contribution in [-0.2, 0) is 19.1 Å². The lowest BCUT2D eigenvalue weighted by Crippen LogP contribution is -2.37. The lowest BCUT2D eigenvalue weighted by Gasteiger charge is -2.06. The molecule has 0 unspecified atom stereocenters. The fourth-order valence-corrected chi connectivity index (χ4v) is 1.08. The zero-order chi connectivity index (χ0) is 9.68. The molecule has 0 saturated carbocycles. The Balaban J connectivity index is 2.26. The fraction of sp³-hybridized carbons (Fsp3) is 0.625. The standard InChI is InChI=1S/C8H11NO4/c10-4-1-2-7(11)9-6-3-5-13-8(6)12/h4,6H,1-3,5H2,(H,9,11)/t6-/m0/s1. The number of carbonyl (C=O) groups excluding carboxylic acids is 3. The van der Waals surface area contributed by atoms with Gasteiger partial charge in [-0.15, -0.1) is 0 Å². The van der Waals surface area contributed by atoms with Gasteiger partial charge in [-0.3, -0.25) is 4.79 Å². The van der Waals surface area contributed by atoms with Crippen LogP contribution in [0.3, 0.4) is 0 Å². The molecule has 0 aromatic carbocycles. The van der Waals surface area contributed by atoms with E-state index in [-0.39, 0.29) is 24.7 Å². The average molecular weight is 185 g/mol. The molecule has 5 nitrogen and oxygen atoms in total. The Morgan fingerprint density at radius 2 is 2.46 bits per heavy atom. The van der Waals surface area contributed by atoms with Gasteiger partial charge in [0, 0.05) is 19.3 Å². The van der Waals surface area contributed by atoms with Gasteiger partial charge in [-0.05, 0) is 0 Å². The lowest BCUT2D eigenvalue weighted by atomic mass is 10.2. The average Bonchev–Trinajstić information content (AvgIpc) is 2.48. The molecule has 1 heterocycles. The van der Waals surface area contributed by atoms with Gasteiger partial charge in [-0.25, -0.2) is 4.79 Å². The second kappa shape index (κ2) is 4.59. The van der Waals surface area contributed by atoms with E-state index < -0.39 is 6.04 Å². The summed E-state index contributed by atoms with van der Waals surface area (Å²) in [6.45, 7) is 0.359. The highest BCUT2D eigenvalue weighted by Gasteiger charge is 2.27. The SMILES string of the molecule is O=CCCC(=O)N[C@H]1CCOC1=O. The molecule has 1 rings (SSSR count). The summed E-state index contributed by atoms with van der Waals surface area (Å²) >= 11 is 0. The van der Waals surface area contributed by atoms with Gasteiger partial charge >= 0.3 is 5.97 Å². The molecule has 5 heteroatoms. The highest BCUT2D eigenvalue weighted by molar-refractivity contribution is 5.86. The summed E-state index contributed by atoms with van der Waals surface area (Å²) < 4.78 is 4.65. The van der Waals surface area contributed by atoms with Gasteiger partial charge in [0.05, 0.1) is 6.61 Å². The molecule has 1 aliphatic rings. The number of aldehydes is 1. The van der Waals surface area contributed by atoms with Gasteiger partial charge in [0.15, 0.2) is 0 Å². The van der Waals surface area contributed by atoms with Crippen molar-refractivity contribution >= 4 is 18.2 Å². The Bertz CT molecular complexity index is 226. The number of cyclic esters (lactones) is 1. The van der Waals surface area contributed by atoms with E-state index >= 15 is 0 Å². The highest BCUT2D eigenvalue weighted by Crippen LogP contribution is 2.05. The van der Waals surface area contributed by atoms with Crippen LogP contribution in [0.5, 0.6) is 0 Å². The summed E-state index contributed by atoms with van der Waals surface area (Å²) in [5, 5.41) is 2.49. The van der Waals surface area contributed by atoms with E-state index in [1.54, 1.807) is 0 Å². The predicted octanol–water partition coefficient (Wildman–Crippen LogP) is -0.603. The van der Waals surface area contributed by atoms with Crippen molar-refractivity contribution in [1.29, 1.82) is 0 Å². The summed E-state index contributed by atoms with van der Waals surface area (Å²) in [5.74, 6) is -0.671. The van der Waals surface area contributed by atoms with Crippen LogP contribution in [0, 0.1) is 0 Å². The minimum atomic E-state index is -0.515. The van der Waals surface area contributed by atoms with Gasteiger partial charge in [-0.1, -0.05) is 0 Å². The number of amides is 1. The molecule has 72 valence electrons. The van der Waals surface area contributed by atoms with Crippen LogP contribution in [0.4, 0.5) is 0 Å². The first-order chi connectivity index (χ1) is 6.24. The topological polar surface area (TPSA) is 72.5 Å². The van der Waals surface area contributed by atoms with E-state index in [1.165, 1.54) is 0 Å². The maximum Gasteiger partial charge on any atom is 0.328 e. The summed E-state index contributed by atoms with van der Waals surface area (Å²) in [4.78, 5) is 31.8. The largest absolute Gasteiger partial charge is 0.464 e. The Labute approximate surface area is 75.4 Å². The number of hydrogen-bond donors (Lipinski definition) is 1. The predicted molar refractivity (Wildman–Crippen MR) is 42.8 cm³/mol. The number of ether oxygens (including phenoxy) is 1. The van der Waals surface area contributed by atoms with Crippen LogP contribution in [0.1, 0.15) is 19.3 Å². The molecule has 0 aliphatic carbocycles. The molecular weight excluding hydrogens is 174 g/mol. The Kier molecular flexibility index (Phi) is 3.42. The summed E-state index contributed by atoms with van der Waals surface area (Å²) in [5.41, 5.74) is 0. The van der Waals surface area contributed by atoms with Crippen LogP contribution < -0.4 is 5.32 Å². The summed E-state index contributed by atoms with van der Waals surface area (Å²) in [6.07, 6.45) is 1.51. The molecule has 0 bridgehead atoms. The smallest absolute Gasteiger partial charge is 0.328 e. The van der Waals surface area contributed by atoms with E-state index in [4.69, 9.17) is 0 Å². The monoisotopic (exact) mass is 185 g/mol. The molecule has 0 spiro atoms. The van der Waals surface area contributed by atoms with Crippen LogP contribution in [0.2, 0.25) is 0 Å². The van der Waals surface area contributed by atoms with Crippen molar-refractivity contribution in [2.24, 2.45) is 0 Å². The number of carbonyl (C=O) groups is 3. The van der Waals surface area contributed by atoms with Crippen molar-refractivity contribution in [3.8, 4) is 0 Å². The van der Waals surface area contributed by atoms with Crippen molar-refractivity contribution < 1.29 is 19.1 Å². The van der Waals surface area contributed by atoms with E-state index in [1.807, 2.05) is 0 Å². The van der Waals surface area contributed by atoms with Crippen molar-refractivity contribution in [1.82, 2.24) is 5.32 Å². The van der Waals surface area contributed by atoms with E-state index in [9.17, 15) is 14.4 Å². The van der Waals surface area contributed by atoms with E-state index in [0.29, 0.717) is 19.3 Å². The molecule has 13 heavy (non-hydrogen) atoms. The quantitative estimate of drug-likeness (QED) is 0.468. The van der Waals surface area contributed by atoms with Crippen LogP contribution in [0.15, 0.2) is 0 Å². The zero-order valence-electron chi connectivity index (χ0n) is 7.12. The minimum absolute atomic E-state index is 0.132. The number of nitrogens with one attached hydrogen (secondary N) is 1. The highest BCUT2D eigenvalue weighted by atomic mass is 16.5. The first kappa shape index (κ1) is 9.70. The van der Waals surface area contributed by atoms with Gasteiger partial charge in [0.25, 0.3) is 0 Å². The van der Waals surface area contributed by atoms with Crippen LogP contribution in [0.25, 0.3) is 0 Å². The molecule has 0 aromatic heterocycles. The Hall–Kier alpha value is -1.39. The zero-order valence-corrected chi connectivity index (χ0v) is 7.12. The second-order valence-corrected chi connectivity index (χ2v) is 2.78. The van der Waals surface area contributed by atoms with Crippen LogP contribution in [-0.4, -0.2) is 30.8 Å². The number of rotatable bonds is 4. The van der Waals surface area contributed by atoms with Gasteiger partial charge < -0.3 is 14.8 Å². The summed E-state index contributed by atoms with van der Waals surface area (Å²) in [7, 11) is 0. The number of hydrogen-bond acceptors (Lipinski definition) is 4. The molecule has 0 aromatic rings. The maximum atomic E-state index is 11.0. The second-order valence-electron chi connectivity index (χ2n) is 2.78. The molecule has 1 saturated heterocycles. The first-order valence-corrected chi connectivity index (χ1v) is 4.13. The third kappa shape index (κ3) is 2.85. The number of esters is 1. The van der Waals surface area contributed by atoms with E-state index in [2.05, 4.69) is 10.1 Å². The van der Waals surface area contributed by atoms with Crippen molar-refractivity contribution in [2.45, 2.75) is 25.3 Å². The first-order valence-electron chi connectivity index (χ1n) is 4.13. The molecule has 1 atom stereocenters. The van der Waals surface area contributed by atoms with E-state index in [0.717, 1.165) is 0 Å². The van der Waals surface area contributed by atoms with Gasteiger partial charge in [0.2, 0.25) is 5.91 Å². The molecular formula is C8H11NO4. The molecule has 1 amide bonds. The van der Waals surface area contributed by atoms with Crippen LogP contribution >= 0.6 is 0 Å². The Morgan fingerprint density at radius 1 is 1.69 bits per heavy atom. The maximum absolute atomic E-state index is 11.0. The lowest BCUT2D eigenvalue weighted by molar-refractivity contribution is -0.141. The normalized spacial score (nSPS) is 20.9. The minimum Gasteiger partial charge on any atom is -0.464 e.